The number of hydrogen-bond donors (Lipinski definition) is 0. The topological polar surface area (TPSA) is 64.7 Å². The maximum absolute atomic E-state index is 11.5. The molecule has 5 nitrogen and oxygen atoms in total. The fourth-order valence-electron chi connectivity index (χ4n) is 2.71. The van der Waals surface area contributed by atoms with Gasteiger partial charge in [0.1, 0.15) is 5.52 Å². The molecule has 0 aliphatic rings. The van der Waals surface area contributed by atoms with Crippen LogP contribution in [0.4, 0.5) is 5.69 Å². The molecule has 0 N–H and O–H groups in total. The number of carbonyl (C=O) groups is 1. The highest BCUT2D eigenvalue weighted by molar-refractivity contribution is 9.10. The molecular weight excluding hydrogens is 420 g/mol. The Kier molecular flexibility index (Phi) is 5.04. The maximum Gasteiger partial charge on any atom is 0.337 e. The number of aliphatic imine (C=N–C) groups is 1. The van der Waals surface area contributed by atoms with Crippen molar-refractivity contribution in [3.8, 4) is 11.5 Å². The molecule has 0 bridgehead atoms. The molecule has 0 saturated carbocycles. The van der Waals surface area contributed by atoms with Crippen molar-refractivity contribution in [3.05, 3.63) is 82.3 Å². The molecule has 0 amide bonds. The number of hydrogen-bond acceptors (Lipinski definition) is 5. The van der Waals surface area contributed by atoms with E-state index in [9.17, 15) is 4.79 Å². The number of benzene rings is 3. The van der Waals surface area contributed by atoms with Crippen LogP contribution in [-0.2, 0) is 4.74 Å². The minimum atomic E-state index is -0.360. The van der Waals surface area contributed by atoms with Crippen LogP contribution in [0.1, 0.15) is 15.9 Å². The monoisotopic (exact) mass is 434 g/mol. The highest BCUT2D eigenvalue weighted by atomic mass is 79.9. The molecule has 1 heterocycles. The number of nitrogens with zero attached hydrogens (tertiary/aromatic N) is 2. The summed E-state index contributed by atoms with van der Waals surface area (Å²) in [5.41, 5.74) is 4.49. The first-order valence-electron chi connectivity index (χ1n) is 8.51. The number of methoxy groups -OCH3 is 1. The normalized spacial score (nSPS) is 11.2. The van der Waals surface area contributed by atoms with E-state index in [1.807, 2.05) is 54.6 Å². The molecule has 0 aliphatic heterocycles. The van der Waals surface area contributed by atoms with Gasteiger partial charge in [-0.25, -0.2) is 9.78 Å². The number of fused-ring (bicyclic) bond motifs is 1. The second-order valence-electron chi connectivity index (χ2n) is 6.05. The van der Waals surface area contributed by atoms with Crippen molar-refractivity contribution >= 4 is 44.9 Å². The Labute approximate surface area is 169 Å². The third-order valence-corrected chi connectivity index (χ3v) is 4.63. The van der Waals surface area contributed by atoms with Gasteiger partial charge in [0, 0.05) is 16.3 Å². The molecule has 0 unspecified atom stereocenters. The van der Waals surface area contributed by atoms with Crippen LogP contribution >= 0.6 is 15.9 Å². The summed E-state index contributed by atoms with van der Waals surface area (Å²) >= 11 is 3.46. The van der Waals surface area contributed by atoms with E-state index < -0.39 is 0 Å². The molecular formula is C22H15BrN2O3. The van der Waals surface area contributed by atoms with Gasteiger partial charge in [-0.1, -0.05) is 34.1 Å². The molecule has 138 valence electrons. The van der Waals surface area contributed by atoms with Gasteiger partial charge in [-0.05, 0) is 54.1 Å². The zero-order valence-corrected chi connectivity index (χ0v) is 16.5. The molecule has 1 aromatic heterocycles. The minimum Gasteiger partial charge on any atom is -0.465 e. The summed E-state index contributed by atoms with van der Waals surface area (Å²) in [7, 11) is 1.36. The summed E-state index contributed by atoms with van der Waals surface area (Å²) in [5, 5.41) is 0. The summed E-state index contributed by atoms with van der Waals surface area (Å²) in [6.45, 7) is 0. The van der Waals surface area contributed by atoms with E-state index in [2.05, 4.69) is 25.9 Å². The van der Waals surface area contributed by atoms with Crippen molar-refractivity contribution in [1.82, 2.24) is 4.98 Å². The molecule has 0 spiro atoms. The molecule has 0 atom stereocenters. The first kappa shape index (κ1) is 18.1. The molecule has 4 aromatic rings. The van der Waals surface area contributed by atoms with Crippen molar-refractivity contribution in [2.24, 2.45) is 4.99 Å². The van der Waals surface area contributed by atoms with E-state index in [4.69, 9.17) is 9.15 Å². The van der Waals surface area contributed by atoms with E-state index in [1.54, 1.807) is 18.3 Å². The van der Waals surface area contributed by atoms with Gasteiger partial charge >= 0.3 is 5.97 Å². The van der Waals surface area contributed by atoms with Crippen molar-refractivity contribution in [1.29, 1.82) is 0 Å². The van der Waals surface area contributed by atoms with Gasteiger partial charge in [-0.15, -0.1) is 0 Å². The van der Waals surface area contributed by atoms with E-state index >= 15 is 0 Å². The van der Waals surface area contributed by atoms with Gasteiger partial charge in [0.05, 0.1) is 18.4 Å². The zero-order chi connectivity index (χ0) is 19.5. The average molecular weight is 435 g/mol. The summed E-state index contributed by atoms with van der Waals surface area (Å²) in [4.78, 5) is 20.5. The molecule has 0 fully saturated rings. The second kappa shape index (κ2) is 7.78. The van der Waals surface area contributed by atoms with Crippen LogP contribution < -0.4 is 0 Å². The van der Waals surface area contributed by atoms with Gasteiger partial charge in [0.25, 0.3) is 0 Å². The highest BCUT2D eigenvalue weighted by Gasteiger charge is 2.09. The molecule has 0 radical (unpaired) electrons. The number of esters is 1. The van der Waals surface area contributed by atoms with Crippen molar-refractivity contribution in [3.63, 3.8) is 0 Å². The molecule has 4 rings (SSSR count). The van der Waals surface area contributed by atoms with Gasteiger partial charge in [-0.2, -0.15) is 0 Å². The quantitative estimate of drug-likeness (QED) is 0.301. The number of aromatic nitrogens is 1. The number of oxazole rings is 1. The lowest BCUT2D eigenvalue weighted by atomic mass is 10.1. The first-order chi connectivity index (χ1) is 13.6. The summed E-state index contributed by atoms with van der Waals surface area (Å²) in [5.74, 6) is 0.206. The summed E-state index contributed by atoms with van der Waals surface area (Å²) in [6, 6.07) is 20.5. The van der Waals surface area contributed by atoms with Crippen LogP contribution in [-0.4, -0.2) is 24.3 Å². The van der Waals surface area contributed by atoms with E-state index in [-0.39, 0.29) is 5.97 Å². The summed E-state index contributed by atoms with van der Waals surface area (Å²) < 4.78 is 11.5. The first-order valence-corrected chi connectivity index (χ1v) is 9.31. The van der Waals surface area contributed by atoms with E-state index in [1.165, 1.54) is 7.11 Å². The fraction of sp³-hybridized carbons (Fsp3) is 0.0455. The Morgan fingerprint density at radius 1 is 1.11 bits per heavy atom. The lowest BCUT2D eigenvalue weighted by Gasteiger charge is -1.99. The van der Waals surface area contributed by atoms with Crippen LogP contribution in [0.2, 0.25) is 0 Å². The van der Waals surface area contributed by atoms with Gasteiger partial charge in [-0.3, -0.25) is 4.99 Å². The van der Waals surface area contributed by atoms with Crippen LogP contribution in [0, 0.1) is 0 Å². The number of ether oxygens (including phenoxy) is 1. The SMILES string of the molecule is COC(=O)c1ccc(C=Nc2ccc3oc(-c4cccc(Br)c4)nc3c2)cc1. The van der Waals surface area contributed by atoms with Crippen molar-refractivity contribution in [2.75, 3.05) is 7.11 Å². The van der Waals surface area contributed by atoms with Crippen LogP contribution in [0.5, 0.6) is 0 Å². The Hall–Kier alpha value is -3.25. The average Bonchev–Trinajstić information content (AvgIpc) is 3.15. The Bertz CT molecular complexity index is 1180. The van der Waals surface area contributed by atoms with Gasteiger partial charge in [0.2, 0.25) is 5.89 Å². The third kappa shape index (κ3) is 3.87. The van der Waals surface area contributed by atoms with Crippen LogP contribution in [0.3, 0.4) is 0 Å². The smallest absolute Gasteiger partial charge is 0.337 e. The molecule has 0 aliphatic carbocycles. The van der Waals surface area contributed by atoms with Crippen molar-refractivity contribution < 1.29 is 13.9 Å². The Morgan fingerprint density at radius 2 is 1.93 bits per heavy atom. The number of rotatable bonds is 4. The second-order valence-corrected chi connectivity index (χ2v) is 6.97. The molecule has 3 aromatic carbocycles. The zero-order valence-electron chi connectivity index (χ0n) is 14.9. The molecule has 0 saturated heterocycles. The standard InChI is InChI=1S/C22H15BrN2O3/c1-27-22(26)15-7-5-14(6-8-15)13-24-18-9-10-20-19(12-18)25-21(28-20)16-3-2-4-17(23)11-16/h2-13H,1H3. The minimum absolute atomic E-state index is 0.360. The predicted molar refractivity (Wildman–Crippen MR) is 112 cm³/mol. The van der Waals surface area contributed by atoms with Gasteiger partial charge < -0.3 is 9.15 Å². The summed E-state index contributed by atoms with van der Waals surface area (Å²) in [6.07, 6.45) is 1.73. The van der Waals surface area contributed by atoms with E-state index in [0.29, 0.717) is 17.0 Å². The van der Waals surface area contributed by atoms with Crippen LogP contribution in [0.15, 0.2) is 80.6 Å². The third-order valence-electron chi connectivity index (χ3n) is 4.14. The fourth-order valence-corrected chi connectivity index (χ4v) is 3.11. The largest absolute Gasteiger partial charge is 0.465 e. The lowest BCUT2D eigenvalue weighted by molar-refractivity contribution is 0.0600. The number of halogens is 1. The van der Waals surface area contributed by atoms with Crippen molar-refractivity contribution in [2.45, 2.75) is 0 Å². The lowest BCUT2D eigenvalue weighted by Crippen LogP contribution is -2.00. The van der Waals surface area contributed by atoms with E-state index in [0.717, 1.165) is 26.8 Å². The molecule has 6 heteroatoms. The highest BCUT2D eigenvalue weighted by Crippen LogP contribution is 2.28. The molecule has 28 heavy (non-hydrogen) atoms. The Morgan fingerprint density at radius 3 is 2.68 bits per heavy atom. The Balaban J connectivity index is 1.57. The van der Waals surface area contributed by atoms with Gasteiger partial charge in [0.15, 0.2) is 5.58 Å². The maximum atomic E-state index is 11.5. The van der Waals surface area contributed by atoms with Crippen LogP contribution in [0.25, 0.3) is 22.6 Å². The predicted octanol–water partition coefficient (Wildman–Crippen LogP) is 5.79. The number of carbonyl (C=O) groups excluding carboxylic acids is 1.